The van der Waals surface area contributed by atoms with E-state index in [0.29, 0.717) is 5.56 Å². The molecule has 0 unspecified atom stereocenters. The first kappa shape index (κ1) is 17.2. The molecule has 2 aromatic carbocycles. The third kappa shape index (κ3) is 3.90. The van der Waals surface area contributed by atoms with E-state index in [4.69, 9.17) is 0 Å². The molecule has 0 aliphatic rings. The van der Waals surface area contributed by atoms with E-state index in [1.54, 1.807) is 30.6 Å². The Balaban J connectivity index is 1.81. The van der Waals surface area contributed by atoms with Gasteiger partial charge in [0.1, 0.15) is 11.6 Å². The zero-order chi connectivity index (χ0) is 18.0. The second-order valence-electron chi connectivity index (χ2n) is 5.29. The predicted molar refractivity (Wildman–Crippen MR) is 88.5 cm³/mol. The summed E-state index contributed by atoms with van der Waals surface area (Å²) in [6.45, 7) is -1.48. The fourth-order valence-electron chi connectivity index (χ4n) is 2.42. The molecule has 8 heteroatoms. The molecule has 25 heavy (non-hydrogen) atoms. The largest absolute Gasteiger partial charge is 0.434 e. The number of benzene rings is 2. The number of hydrogen-bond donors (Lipinski definition) is 1. The van der Waals surface area contributed by atoms with E-state index in [9.17, 15) is 18.0 Å². The normalized spacial score (nSPS) is 12.4. The molecule has 1 atom stereocenters. The summed E-state index contributed by atoms with van der Waals surface area (Å²) in [5.74, 6) is -1.38. The Hall–Kier alpha value is -2.61. The lowest BCUT2D eigenvalue weighted by atomic mass is 10.1. The van der Waals surface area contributed by atoms with Crippen LogP contribution in [0.25, 0.3) is 10.2 Å². The van der Waals surface area contributed by atoms with Gasteiger partial charge in [-0.1, -0.05) is 6.07 Å². The lowest BCUT2D eigenvalue weighted by Gasteiger charge is -2.18. The van der Waals surface area contributed by atoms with Crippen molar-refractivity contribution in [2.45, 2.75) is 19.6 Å². The molecule has 3 rings (SSSR count). The van der Waals surface area contributed by atoms with Gasteiger partial charge in [-0.15, -0.1) is 11.3 Å². The third-order valence-electron chi connectivity index (χ3n) is 3.60. The minimum atomic E-state index is -3.09. The van der Waals surface area contributed by atoms with Crippen molar-refractivity contribution >= 4 is 27.5 Å². The number of thiazole rings is 1. The lowest BCUT2D eigenvalue weighted by Crippen LogP contribution is -2.27. The highest BCUT2D eigenvalue weighted by Crippen LogP contribution is 2.28. The Morgan fingerprint density at radius 1 is 1.24 bits per heavy atom. The number of hydrogen-bond acceptors (Lipinski definition) is 4. The molecule has 0 saturated heterocycles. The van der Waals surface area contributed by atoms with E-state index >= 15 is 0 Å². The zero-order valence-corrected chi connectivity index (χ0v) is 13.8. The van der Waals surface area contributed by atoms with E-state index < -0.39 is 18.5 Å². The van der Waals surface area contributed by atoms with Crippen molar-refractivity contribution in [3.05, 3.63) is 58.9 Å². The van der Waals surface area contributed by atoms with E-state index in [0.717, 1.165) is 22.3 Å². The molecule has 0 aliphatic carbocycles. The smallest absolute Gasteiger partial charge is 0.387 e. The summed E-state index contributed by atoms with van der Waals surface area (Å²) in [7, 11) is 0. The molecule has 1 aromatic heterocycles. The second-order valence-corrected chi connectivity index (χ2v) is 6.18. The number of fused-ring (bicyclic) bond motifs is 1. The SMILES string of the molecule is C[C@H](NC(=O)c1ccc2ncsc2c1)c1ccc(F)cc1OC(F)F. The maximum Gasteiger partial charge on any atom is 0.387 e. The molecule has 0 fully saturated rings. The highest BCUT2D eigenvalue weighted by molar-refractivity contribution is 7.16. The molecule has 0 bridgehead atoms. The van der Waals surface area contributed by atoms with Crippen molar-refractivity contribution < 1.29 is 22.7 Å². The molecule has 1 heterocycles. The van der Waals surface area contributed by atoms with E-state index in [1.165, 1.54) is 17.4 Å². The van der Waals surface area contributed by atoms with Crippen LogP contribution in [0.2, 0.25) is 0 Å². The maximum atomic E-state index is 13.3. The molecule has 130 valence electrons. The number of ether oxygens (including phenoxy) is 1. The van der Waals surface area contributed by atoms with Crippen LogP contribution in [0.1, 0.15) is 28.9 Å². The third-order valence-corrected chi connectivity index (χ3v) is 4.39. The van der Waals surface area contributed by atoms with Crippen molar-refractivity contribution in [2.24, 2.45) is 0 Å². The Labute approximate surface area is 145 Å². The molecule has 4 nitrogen and oxygen atoms in total. The van der Waals surface area contributed by atoms with Gasteiger partial charge in [0.2, 0.25) is 0 Å². The maximum absolute atomic E-state index is 13.3. The Bertz CT molecular complexity index is 914. The van der Waals surface area contributed by atoms with Crippen LogP contribution in [0.3, 0.4) is 0 Å². The van der Waals surface area contributed by atoms with Gasteiger partial charge in [-0.2, -0.15) is 8.78 Å². The molecule has 0 radical (unpaired) electrons. The molecule has 1 N–H and O–H groups in total. The number of carbonyl (C=O) groups excluding carboxylic acids is 1. The van der Waals surface area contributed by atoms with Crippen LogP contribution in [-0.2, 0) is 0 Å². The monoisotopic (exact) mass is 366 g/mol. The van der Waals surface area contributed by atoms with Gasteiger partial charge < -0.3 is 10.1 Å². The highest BCUT2D eigenvalue weighted by Gasteiger charge is 2.18. The molecular weight excluding hydrogens is 353 g/mol. The average Bonchev–Trinajstić information content (AvgIpc) is 3.01. The van der Waals surface area contributed by atoms with Crippen molar-refractivity contribution in [3.63, 3.8) is 0 Å². The molecule has 1 amide bonds. The summed E-state index contributed by atoms with van der Waals surface area (Å²) in [5, 5.41) is 2.70. The van der Waals surface area contributed by atoms with Gasteiger partial charge in [0.25, 0.3) is 5.91 Å². The number of nitrogens with one attached hydrogen (secondary N) is 1. The first-order valence-corrected chi connectivity index (χ1v) is 8.20. The molecule has 0 aliphatic heterocycles. The standard InChI is InChI=1S/C17H13F3N2O2S/c1-9(12-4-3-11(18)7-14(12)24-17(19)20)22-16(23)10-2-5-13-15(6-10)25-8-21-13/h2-9,17H,1H3,(H,22,23)/t9-/m0/s1. The number of rotatable bonds is 5. The summed E-state index contributed by atoms with van der Waals surface area (Å²) in [5.41, 5.74) is 3.15. The van der Waals surface area contributed by atoms with Crippen molar-refractivity contribution in [1.29, 1.82) is 0 Å². The number of aromatic nitrogens is 1. The number of alkyl halides is 2. The summed E-state index contributed by atoms with van der Waals surface area (Å²) in [6.07, 6.45) is 0. The first-order chi connectivity index (χ1) is 11.9. The number of nitrogens with zero attached hydrogens (tertiary/aromatic N) is 1. The first-order valence-electron chi connectivity index (χ1n) is 7.32. The van der Waals surface area contributed by atoms with Gasteiger partial charge in [-0.05, 0) is 31.2 Å². The van der Waals surface area contributed by atoms with E-state index in [-0.39, 0.29) is 17.2 Å². The molecule has 0 saturated carbocycles. The molecule has 3 aromatic rings. The quantitative estimate of drug-likeness (QED) is 0.722. The second kappa shape index (κ2) is 7.10. The topological polar surface area (TPSA) is 51.2 Å². The summed E-state index contributed by atoms with van der Waals surface area (Å²) < 4.78 is 43.5. The zero-order valence-electron chi connectivity index (χ0n) is 13.0. The van der Waals surface area contributed by atoms with Crippen molar-refractivity contribution in [2.75, 3.05) is 0 Å². The summed E-state index contributed by atoms with van der Waals surface area (Å²) >= 11 is 1.41. The lowest BCUT2D eigenvalue weighted by molar-refractivity contribution is -0.0507. The predicted octanol–water partition coefficient (Wildman–Crippen LogP) is 4.53. The summed E-state index contributed by atoms with van der Waals surface area (Å²) in [4.78, 5) is 16.5. The van der Waals surface area contributed by atoms with Crippen molar-refractivity contribution in [1.82, 2.24) is 10.3 Å². The molecular formula is C17H13F3N2O2S. The fraction of sp³-hybridized carbons (Fsp3) is 0.176. The Morgan fingerprint density at radius 3 is 2.80 bits per heavy atom. The van der Waals surface area contributed by atoms with Gasteiger partial charge in [0, 0.05) is 17.2 Å². The van der Waals surface area contributed by atoms with Crippen LogP contribution in [-0.4, -0.2) is 17.5 Å². The van der Waals surface area contributed by atoms with Crippen LogP contribution >= 0.6 is 11.3 Å². The van der Waals surface area contributed by atoms with Crippen LogP contribution < -0.4 is 10.1 Å². The van der Waals surface area contributed by atoms with Gasteiger partial charge in [0.05, 0.1) is 21.8 Å². The fourth-order valence-corrected chi connectivity index (χ4v) is 3.13. The summed E-state index contributed by atoms with van der Waals surface area (Å²) in [6, 6.07) is 7.72. The van der Waals surface area contributed by atoms with Gasteiger partial charge >= 0.3 is 6.61 Å². The van der Waals surface area contributed by atoms with Crippen LogP contribution in [0.15, 0.2) is 41.9 Å². The van der Waals surface area contributed by atoms with Crippen molar-refractivity contribution in [3.8, 4) is 5.75 Å². The van der Waals surface area contributed by atoms with E-state index in [2.05, 4.69) is 15.0 Å². The number of halogens is 3. The van der Waals surface area contributed by atoms with Gasteiger partial charge in [-0.3, -0.25) is 4.79 Å². The van der Waals surface area contributed by atoms with Crippen LogP contribution in [0.4, 0.5) is 13.2 Å². The van der Waals surface area contributed by atoms with Gasteiger partial charge in [-0.25, -0.2) is 9.37 Å². The molecule has 0 spiro atoms. The Kier molecular flexibility index (Phi) is 4.89. The minimum Gasteiger partial charge on any atom is -0.434 e. The Morgan fingerprint density at radius 2 is 2.04 bits per heavy atom. The minimum absolute atomic E-state index is 0.258. The number of carbonyl (C=O) groups is 1. The van der Waals surface area contributed by atoms with Crippen LogP contribution in [0, 0.1) is 5.82 Å². The average molecular weight is 366 g/mol. The number of amides is 1. The van der Waals surface area contributed by atoms with Crippen LogP contribution in [0.5, 0.6) is 5.75 Å². The van der Waals surface area contributed by atoms with Gasteiger partial charge in [0.15, 0.2) is 0 Å². The van der Waals surface area contributed by atoms with E-state index in [1.807, 2.05) is 0 Å². The highest BCUT2D eigenvalue weighted by atomic mass is 32.1.